The molecule has 212 valence electrons. The van der Waals surface area contributed by atoms with Gasteiger partial charge in [-0.2, -0.15) is 26.3 Å². The number of halogens is 6. The van der Waals surface area contributed by atoms with Crippen molar-refractivity contribution in [1.29, 1.82) is 0 Å². The van der Waals surface area contributed by atoms with Crippen molar-refractivity contribution < 1.29 is 55.6 Å². The number of nitrogens with zero attached hydrogens (tertiary/aromatic N) is 4. The molecule has 1 aliphatic rings. The number of anilines is 1. The highest BCUT2D eigenvalue weighted by Crippen LogP contribution is 2.24. The molecule has 17 heteroatoms. The normalized spacial score (nSPS) is 13.9. The van der Waals surface area contributed by atoms with Gasteiger partial charge in [-0.3, -0.25) is 0 Å². The fourth-order valence-corrected chi connectivity index (χ4v) is 2.82. The number of hydrogen-bond acceptors (Lipinski definition) is 9. The Morgan fingerprint density at radius 2 is 1.55 bits per heavy atom. The number of carbonyl (C=O) groups is 2. The molecule has 1 aliphatic heterocycles. The molecule has 3 rings (SSSR count). The lowest BCUT2D eigenvalue weighted by molar-refractivity contribution is -0.193. The molecule has 1 fully saturated rings. The van der Waals surface area contributed by atoms with Crippen LogP contribution in [0.15, 0.2) is 24.5 Å². The zero-order chi connectivity index (χ0) is 29.1. The molecule has 0 bridgehead atoms. The van der Waals surface area contributed by atoms with Crippen molar-refractivity contribution in [2.75, 3.05) is 25.1 Å². The minimum absolute atomic E-state index is 0.188. The topological polar surface area (TPSA) is 161 Å². The van der Waals surface area contributed by atoms with E-state index in [1.807, 2.05) is 25.3 Å². The fraction of sp³-hybridized carbons (Fsp3) is 0.476. The molecule has 2 aromatic rings. The van der Waals surface area contributed by atoms with E-state index in [4.69, 9.17) is 35.0 Å². The number of pyridine rings is 1. The number of aliphatic carboxylic acids is 2. The Bertz CT molecular complexity index is 1020. The molecule has 0 amide bonds. The van der Waals surface area contributed by atoms with E-state index in [0.717, 1.165) is 43.1 Å². The fourth-order valence-electron chi connectivity index (χ4n) is 2.82. The van der Waals surface area contributed by atoms with Gasteiger partial charge < -0.3 is 30.3 Å². The summed E-state index contributed by atoms with van der Waals surface area (Å²) in [5.74, 6) is -2.49. The van der Waals surface area contributed by atoms with Crippen LogP contribution in [-0.2, 0) is 16.1 Å². The Morgan fingerprint density at radius 1 is 1.03 bits per heavy atom. The Labute approximate surface area is 212 Å². The molecular weight excluding hydrogens is 532 g/mol. The van der Waals surface area contributed by atoms with Crippen molar-refractivity contribution in [2.45, 2.75) is 44.8 Å². The van der Waals surface area contributed by atoms with Gasteiger partial charge in [0.15, 0.2) is 0 Å². The summed E-state index contributed by atoms with van der Waals surface area (Å²) in [6.45, 7) is 4.19. The van der Waals surface area contributed by atoms with Crippen molar-refractivity contribution >= 4 is 17.8 Å². The van der Waals surface area contributed by atoms with Crippen LogP contribution < -0.4 is 20.1 Å². The molecule has 0 saturated carbocycles. The average Bonchev–Trinajstić information content (AvgIpc) is 2.85. The summed E-state index contributed by atoms with van der Waals surface area (Å²) >= 11 is 0. The van der Waals surface area contributed by atoms with Gasteiger partial charge >= 0.3 is 24.3 Å². The minimum atomic E-state index is -5.08. The zero-order valence-electron chi connectivity index (χ0n) is 20.1. The van der Waals surface area contributed by atoms with Gasteiger partial charge in [0.2, 0.25) is 5.88 Å². The first-order valence-corrected chi connectivity index (χ1v) is 10.6. The second kappa shape index (κ2) is 14.2. The molecule has 2 aromatic heterocycles. The lowest BCUT2D eigenvalue weighted by Gasteiger charge is -2.33. The number of ether oxygens (including phenoxy) is 2. The number of aryl methyl sites for hydroxylation is 1. The van der Waals surface area contributed by atoms with E-state index in [1.54, 1.807) is 13.3 Å². The van der Waals surface area contributed by atoms with Crippen molar-refractivity contribution in [2.24, 2.45) is 5.73 Å². The average molecular weight is 557 g/mol. The van der Waals surface area contributed by atoms with Crippen molar-refractivity contribution in [3.8, 4) is 11.6 Å². The molecule has 0 spiro atoms. The summed E-state index contributed by atoms with van der Waals surface area (Å²) in [7, 11) is 1.60. The molecule has 0 aliphatic carbocycles. The number of aromatic nitrogens is 3. The van der Waals surface area contributed by atoms with Gasteiger partial charge in [-0.25, -0.2) is 24.5 Å². The van der Waals surface area contributed by atoms with Crippen LogP contribution >= 0.6 is 0 Å². The maximum absolute atomic E-state index is 10.6. The second-order valence-corrected chi connectivity index (χ2v) is 7.44. The summed E-state index contributed by atoms with van der Waals surface area (Å²) in [4.78, 5) is 33.0. The summed E-state index contributed by atoms with van der Waals surface area (Å²) in [6, 6.07) is 3.70. The molecule has 0 unspecified atom stereocenters. The number of hydrogen-bond donors (Lipinski definition) is 3. The van der Waals surface area contributed by atoms with Gasteiger partial charge in [0, 0.05) is 43.8 Å². The van der Waals surface area contributed by atoms with E-state index >= 15 is 0 Å². The minimum Gasteiger partial charge on any atom is -0.489 e. The molecular formula is C21H25F6N5O6. The van der Waals surface area contributed by atoms with E-state index in [-0.39, 0.29) is 6.10 Å². The second-order valence-electron chi connectivity index (χ2n) is 7.44. The first-order valence-electron chi connectivity index (χ1n) is 10.6. The smallest absolute Gasteiger partial charge is 0.489 e. The third-order valence-electron chi connectivity index (χ3n) is 4.63. The predicted octanol–water partition coefficient (Wildman–Crippen LogP) is 2.96. The Kier molecular flexibility index (Phi) is 12.0. The molecule has 11 nitrogen and oxygen atoms in total. The molecule has 4 N–H and O–H groups in total. The first kappa shape index (κ1) is 32.1. The third kappa shape index (κ3) is 11.0. The van der Waals surface area contributed by atoms with Gasteiger partial charge in [0.1, 0.15) is 23.5 Å². The van der Waals surface area contributed by atoms with Crippen LogP contribution in [0.25, 0.3) is 0 Å². The molecule has 0 aromatic carbocycles. The highest BCUT2D eigenvalue weighted by molar-refractivity contribution is 5.73. The molecule has 0 atom stereocenters. The van der Waals surface area contributed by atoms with Crippen LogP contribution in [0.2, 0.25) is 0 Å². The first-order chi connectivity index (χ1) is 17.6. The van der Waals surface area contributed by atoms with Crippen LogP contribution in [-0.4, -0.2) is 75.8 Å². The van der Waals surface area contributed by atoms with Crippen molar-refractivity contribution in [3.05, 3.63) is 35.9 Å². The van der Waals surface area contributed by atoms with Gasteiger partial charge in [-0.15, -0.1) is 0 Å². The summed E-state index contributed by atoms with van der Waals surface area (Å²) < 4.78 is 74.5. The maximum Gasteiger partial charge on any atom is 0.490 e. The van der Waals surface area contributed by atoms with E-state index < -0.39 is 24.3 Å². The molecule has 1 saturated heterocycles. The zero-order valence-corrected chi connectivity index (χ0v) is 20.1. The molecule has 0 radical (unpaired) electrons. The third-order valence-corrected chi connectivity index (χ3v) is 4.63. The van der Waals surface area contributed by atoms with Crippen molar-refractivity contribution in [3.63, 3.8) is 0 Å². The number of alkyl halides is 6. The van der Waals surface area contributed by atoms with Crippen molar-refractivity contribution in [1.82, 2.24) is 15.0 Å². The lowest BCUT2D eigenvalue weighted by atomic mass is 10.1. The summed E-state index contributed by atoms with van der Waals surface area (Å²) in [6.07, 6.45) is -4.56. The summed E-state index contributed by atoms with van der Waals surface area (Å²) in [5.41, 5.74) is 6.72. The number of carboxylic acids is 2. The van der Waals surface area contributed by atoms with Gasteiger partial charge in [-0.1, -0.05) is 0 Å². The standard InChI is InChI=1S/C17H23N5O2.2C2HF3O2/c1-12-10-19-15(9-18)21-17(12)22-7-5-13(6-8-22)24-14-3-4-16(23-2)20-11-14;2*3-2(4,5)1(6)7/h3-4,10-11,13H,5-9,18H2,1-2H3;2*(H,6,7). The van der Waals surface area contributed by atoms with Crippen LogP contribution in [0.3, 0.4) is 0 Å². The van der Waals surface area contributed by atoms with Crippen LogP contribution in [0.1, 0.15) is 24.2 Å². The van der Waals surface area contributed by atoms with Crippen LogP contribution in [0.5, 0.6) is 11.6 Å². The number of carboxylic acid groups (broad SMARTS) is 2. The highest BCUT2D eigenvalue weighted by Gasteiger charge is 2.38. The lowest BCUT2D eigenvalue weighted by Crippen LogP contribution is -2.39. The Balaban J connectivity index is 0.000000426. The number of methoxy groups -OCH3 is 1. The highest BCUT2D eigenvalue weighted by atomic mass is 19.4. The van der Waals surface area contributed by atoms with E-state index in [9.17, 15) is 26.3 Å². The number of piperidine rings is 1. The van der Waals surface area contributed by atoms with Crippen LogP contribution in [0.4, 0.5) is 32.2 Å². The summed E-state index contributed by atoms with van der Waals surface area (Å²) in [5, 5.41) is 14.2. The van der Waals surface area contributed by atoms with Crippen LogP contribution in [0, 0.1) is 6.92 Å². The van der Waals surface area contributed by atoms with Gasteiger partial charge in [-0.05, 0) is 13.0 Å². The van der Waals surface area contributed by atoms with E-state index in [1.165, 1.54) is 0 Å². The largest absolute Gasteiger partial charge is 0.490 e. The number of rotatable bonds is 5. The maximum atomic E-state index is 10.6. The molecule has 38 heavy (non-hydrogen) atoms. The predicted molar refractivity (Wildman–Crippen MR) is 119 cm³/mol. The van der Waals surface area contributed by atoms with Gasteiger partial charge in [0.25, 0.3) is 0 Å². The van der Waals surface area contributed by atoms with E-state index in [0.29, 0.717) is 18.2 Å². The monoisotopic (exact) mass is 557 g/mol. The van der Waals surface area contributed by atoms with E-state index in [2.05, 4.69) is 19.9 Å². The van der Waals surface area contributed by atoms with Gasteiger partial charge in [0.05, 0.1) is 19.9 Å². The quantitative estimate of drug-likeness (QED) is 0.464. The SMILES string of the molecule is COc1ccc(OC2CCN(c3nc(CN)ncc3C)CC2)cn1.O=C(O)C(F)(F)F.O=C(O)C(F)(F)F. The molecule has 3 heterocycles. The number of nitrogens with two attached hydrogens (primary N) is 1. The Hall–Kier alpha value is -3.89. The Morgan fingerprint density at radius 3 is 1.95 bits per heavy atom.